The van der Waals surface area contributed by atoms with E-state index < -0.39 is 23.9 Å². The van der Waals surface area contributed by atoms with Crippen molar-refractivity contribution in [1.29, 1.82) is 0 Å². The van der Waals surface area contributed by atoms with Crippen LogP contribution in [0, 0.1) is 0 Å². The van der Waals surface area contributed by atoms with Crippen LogP contribution in [-0.4, -0.2) is 12.1 Å². The van der Waals surface area contributed by atoms with Crippen LogP contribution in [0.2, 0.25) is 0 Å². The molecule has 0 fully saturated rings. The molecule has 0 aromatic heterocycles. The maximum Gasteiger partial charge on any atom is 0.416 e. The van der Waals surface area contributed by atoms with E-state index >= 15 is 0 Å². The summed E-state index contributed by atoms with van der Waals surface area (Å²) in [5, 5.41) is 0. The lowest BCUT2D eigenvalue weighted by Crippen LogP contribution is -2.46. The Kier molecular flexibility index (Phi) is 5.41. The molecule has 144 valence electrons. The Labute approximate surface area is 155 Å². The maximum absolute atomic E-state index is 13.0. The van der Waals surface area contributed by atoms with Gasteiger partial charge in [-0.3, -0.25) is 4.90 Å². The zero-order valence-corrected chi connectivity index (χ0v) is 14.9. The van der Waals surface area contributed by atoms with E-state index in [1.54, 1.807) is 0 Å². The van der Waals surface area contributed by atoms with Crippen LogP contribution in [0.4, 0.5) is 23.7 Å². The normalized spacial score (nSPS) is 19.5. The van der Waals surface area contributed by atoms with E-state index in [2.05, 4.69) is 0 Å². The standard InChI is InChI=1S/C20H21F3N2O2/c1-2-15-11-17(24)16-10-14(20(21,22)23)8-9-18(16)25(15)19(26)27-12-13-6-4-3-5-7-13/h3-10,15,17H,2,11-12,24H2,1H3. The summed E-state index contributed by atoms with van der Waals surface area (Å²) in [4.78, 5) is 14.2. The molecule has 1 aliphatic heterocycles. The summed E-state index contributed by atoms with van der Waals surface area (Å²) in [7, 11) is 0. The first kappa shape index (κ1) is 19.2. The highest BCUT2D eigenvalue weighted by atomic mass is 19.4. The van der Waals surface area contributed by atoms with Crippen molar-refractivity contribution in [2.75, 3.05) is 4.90 Å². The molecule has 2 aromatic carbocycles. The summed E-state index contributed by atoms with van der Waals surface area (Å²) in [5.74, 6) is 0. The fourth-order valence-electron chi connectivity index (χ4n) is 3.35. The molecule has 0 aliphatic carbocycles. The molecular weight excluding hydrogens is 357 g/mol. The molecule has 2 N–H and O–H groups in total. The number of amides is 1. The van der Waals surface area contributed by atoms with Gasteiger partial charge < -0.3 is 10.5 Å². The lowest BCUT2D eigenvalue weighted by atomic mass is 9.89. The van der Waals surface area contributed by atoms with E-state index in [4.69, 9.17) is 10.5 Å². The molecule has 1 amide bonds. The first-order valence-electron chi connectivity index (χ1n) is 8.78. The molecule has 0 spiro atoms. The Morgan fingerprint density at radius 3 is 2.56 bits per heavy atom. The van der Waals surface area contributed by atoms with Crippen LogP contribution in [0.1, 0.15) is 42.5 Å². The van der Waals surface area contributed by atoms with E-state index in [1.165, 1.54) is 11.0 Å². The third-order valence-electron chi connectivity index (χ3n) is 4.78. The lowest BCUT2D eigenvalue weighted by molar-refractivity contribution is -0.137. The van der Waals surface area contributed by atoms with Crippen LogP contribution in [0.5, 0.6) is 0 Å². The number of nitrogens with zero attached hydrogens (tertiary/aromatic N) is 1. The Morgan fingerprint density at radius 1 is 1.22 bits per heavy atom. The Hall–Kier alpha value is -2.54. The predicted molar refractivity (Wildman–Crippen MR) is 96.2 cm³/mol. The first-order valence-corrected chi connectivity index (χ1v) is 8.78. The largest absolute Gasteiger partial charge is 0.444 e. The molecule has 3 rings (SSSR count). The van der Waals surface area contributed by atoms with E-state index in [-0.39, 0.29) is 12.6 Å². The number of anilines is 1. The maximum atomic E-state index is 13.0. The summed E-state index contributed by atoms with van der Waals surface area (Å²) >= 11 is 0. The molecule has 1 heterocycles. The van der Waals surface area contributed by atoms with Gasteiger partial charge in [0.05, 0.1) is 11.3 Å². The minimum atomic E-state index is -4.46. The quantitative estimate of drug-likeness (QED) is 0.815. The van der Waals surface area contributed by atoms with Gasteiger partial charge >= 0.3 is 12.3 Å². The van der Waals surface area contributed by atoms with Gasteiger partial charge in [-0.1, -0.05) is 37.3 Å². The van der Waals surface area contributed by atoms with Gasteiger partial charge in [0.15, 0.2) is 0 Å². The summed E-state index contributed by atoms with van der Waals surface area (Å²) < 4.78 is 44.6. The number of ether oxygens (including phenoxy) is 1. The zero-order valence-electron chi connectivity index (χ0n) is 14.9. The van der Waals surface area contributed by atoms with Crippen molar-refractivity contribution < 1.29 is 22.7 Å². The minimum Gasteiger partial charge on any atom is -0.444 e. The average molecular weight is 378 g/mol. The van der Waals surface area contributed by atoms with Crippen LogP contribution < -0.4 is 10.6 Å². The van der Waals surface area contributed by atoms with Crippen LogP contribution in [-0.2, 0) is 17.5 Å². The zero-order chi connectivity index (χ0) is 19.6. The number of halogens is 3. The molecule has 2 unspecified atom stereocenters. The number of nitrogens with two attached hydrogens (primary N) is 1. The fraction of sp³-hybridized carbons (Fsp3) is 0.350. The monoisotopic (exact) mass is 378 g/mol. The van der Waals surface area contributed by atoms with Crippen molar-refractivity contribution in [2.24, 2.45) is 5.73 Å². The van der Waals surface area contributed by atoms with Crippen LogP contribution in [0.25, 0.3) is 0 Å². The number of alkyl halides is 3. The third-order valence-corrected chi connectivity index (χ3v) is 4.78. The number of carbonyl (C=O) groups is 1. The topological polar surface area (TPSA) is 55.6 Å². The highest BCUT2D eigenvalue weighted by Gasteiger charge is 2.38. The number of carbonyl (C=O) groups excluding carboxylic acids is 1. The van der Waals surface area contributed by atoms with Gasteiger partial charge in [0, 0.05) is 12.1 Å². The summed E-state index contributed by atoms with van der Waals surface area (Å²) in [6.45, 7) is 2.00. The Balaban J connectivity index is 1.89. The number of fused-ring (bicyclic) bond motifs is 1. The Bertz CT molecular complexity index is 809. The summed E-state index contributed by atoms with van der Waals surface area (Å²) in [5.41, 5.74) is 6.86. The van der Waals surface area contributed by atoms with Crippen molar-refractivity contribution >= 4 is 11.8 Å². The van der Waals surface area contributed by atoms with Gasteiger partial charge in [-0.15, -0.1) is 0 Å². The molecule has 0 bridgehead atoms. The average Bonchev–Trinajstić information content (AvgIpc) is 2.65. The van der Waals surface area contributed by atoms with E-state index in [0.29, 0.717) is 24.1 Å². The van der Waals surface area contributed by atoms with Gasteiger partial charge in [0.1, 0.15) is 6.61 Å². The molecule has 1 aliphatic rings. The second-order valence-electron chi connectivity index (χ2n) is 6.59. The molecule has 2 atom stereocenters. The number of rotatable bonds is 3. The molecule has 0 saturated carbocycles. The predicted octanol–water partition coefficient (Wildman–Crippen LogP) is 5.03. The molecule has 0 saturated heterocycles. The van der Waals surface area contributed by atoms with E-state index in [0.717, 1.165) is 17.7 Å². The van der Waals surface area contributed by atoms with Crippen molar-refractivity contribution in [3.8, 4) is 0 Å². The van der Waals surface area contributed by atoms with Gasteiger partial charge in [0.25, 0.3) is 0 Å². The minimum absolute atomic E-state index is 0.0919. The molecule has 7 heteroatoms. The van der Waals surface area contributed by atoms with Gasteiger partial charge in [-0.05, 0) is 42.2 Å². The highest BCUT2D eigenvalue weighted by molar-refractivity contribution is 5.90. The Morgan fingerprint density at radius 2 is 1.93 bits per heavy atom. The first-order chi connectivity index (χ1) is 12.8. The molecule has 27 heavy (non-hydrogen) atoms. The molecular formula is C20H21F3N2O2. The van der Waals surface area contributed by atoms with E-state index in [9.17, 15) is 18.0 Å². The van der Waals surface area contributed by atoms with Gasteiger partial charge in [0.2, 0.25) is 0 Å². The number of hydrogen-bond acceptors (Lipinski definition) is 3. The highest BCUT2D eigenvalue weighted by Crippen LogP contribution is 2.41. The SMILES string of the molecule is CCC1CC(N)c2cc(C(F)(F)F)ccc2N1C(=O)OCc1ccccc1. The lowest BCUT2D eigenvalue weighted by Gasteiger charge is -2.39. The molecule has 4 nitrogen and oxygen atoms in total. The summed E-state index contributed by atoms with van der Waals surface area (Å²) in [6.07, 6.45) is -4.05. The molecule has 2 aromatic rings. The second kappa shape index (κ2) is 7.60. The van der Waals surface area contributed by atoms with Crippen molar-refractivity contribution in [3.05, 3.63) is 65.2 Å². The van der Waals surface area contributed by atoms with Crippen molar-refractivity contribution in [1.82, 2.24) is 0 Å². The fourth-order valence-corrected chi connectivity index (χ4v) is 3.35. The van der Waals surface area contributed by atoms with Crippen LogP contribution in [0.3, 0.4) is 0 Å². The van der Waals surface area contributed by atoms with Crippen molar-refractivity contribution in [3.63, 3.8) is 0 Å². The third kappa shape index (κ3) is 4.08. The van der Waals surface area contributed by atoms with Crippen LogP contribution in [0.15, 0.2) is 48.5 Å². The van der Waals surface area contributed by atoms with Gasteiger partial charge in [-0.2, -0.15) is 13.2 Å². The van der Waals surface area contributed by atoms with E-state index in [1.807, 2.05) is 37.3 Å². The second-order valence-corrected chi connectivity index (χ2v) is 6.59. The van der Waals surface area contributed by atoms with Crippen LogP contribution >= 0.6 is 0 Å². The number of hydrogen-bond donors (Lipinski definition) is 1. The summed E-state index contributed by atoms with van der Waals surface area (Å²) in [6, 6.07) is 11.7. The molecule has 0 radical (unpaired) electrons. The smallest absolute Gasteiger partial charge is 0.416 e. The van der Waals surface area contributed by atoms with Gasteiger partial charge in [-0.25, -0.2) is 4.79 Å². The van der Waals surface area contributed by atoms with Crippen molar-refractivity contribution in [2.45, 2.75) is 44.6 Å². The number of benzene rings is 2.